The smallest absolute Gasteiger partial charge is 0.216 e. The van der Waals surface area contributed by atoms with Gasteiger partial charge in [0.2, 0.25) is 5.91 Å². The van der Waals surface area contributed by atoms with Gasteiger partial charge < -0.3 is 10.7 Å². The zero-order chi connectivity index (χ0) is 8.91. The summed E-state index contributed by atoms with van der Waals surface area (Å²) in [6, 6.07) is 0. The second kappa shape index (κ2) is 4.11. The van der Waals surface area contributed by atoms with Gasteiger partial charge in [0.25, 0.3) is 0 Å². The molecule has 3 nitrogen and oxygen atoms in total. The number of amides is 1. The lowest BCUT2D eigenvalue weighted by Gasteiger charge is -2.21. The van der Waals surface area contributed by atoms with Crippen molar-refractivity contribution in [2.75, 3.05) is 6.54 Å². The second-order valence-corrected chi connectivity index (χ2v) is 3.48. The van der Waals surface area contributed by atoms with Gasteiger partial charge in [-0.2, -0.15) is 0 Å². The van der Waals surface area contributed by atoms with Crippen LogP contribution in [0.25, 0.3) is 0 Å². The Morgan fingerprint density at radius 3 is 2.55 bits per heavy atom. The van der Waals surface area contributed by atoms with E-state index in [2.05, 4.69) is 5.32 Å². The van der Waals surface area contributed by atoms with Crippen molar-refractivity contribution in [1.29, 1.82) is 5.41 Å². The molecule has 0 aromatic heterocycles. The van der Waals surface area contributed by atoms with E-state index in [9.17, 15) is 4.79 Å². The van der Waals surface area contributed by atoms with Gasteiger partial charge in [-0.25, -0.2) is 0 Å². The average molecular weight is 156 g/mol. The lowest BCUT2D eigenvalue weighted by Crippen LogP contribution is -2.32. The summed E-state index contributed by atoms with van der Waals surface area (Å²) in [6.07, 6.45) is 2.08. The Balaban J connectivity index is 3.71. The number of hydrogen-bond acceptors (Lipinski definition) is 2. The molecule has 0 aromatic rings. The molecule has 1 amide bonds. The zero-order valence-corrected chi connectivity index (χ0v) is 7.40. The molecule has 0 aliphatic carbocycles. The molecular formula is C8H16N2O. The Hall–Kier alpha value is -0.860. The van der Waals surface area contributed by atoms with Crippen LogP contribution in [0.5, 0.6) is 0 Å². The van der Waals surface area contributed by atoms with Gasteiger partial charge in [-0.1, -0.05) is 13.8 Å². The molecule has 3 heteroatoms. The standard InChI is InChI=1S/C8H16N2O/c1-7(11)10-6-8(2,3)4-5-9/h5,9H,4,6H2,1-3H3,(H,10,11). The number of carbonyl (C=O) groups excluding carboxylic acids is 1. The molecule has 64 valence electrons. The molecule has 0 spiro atoms. The van der Waals surface area contributed by atoms with Crippen LogP contribution in [0, 0.1) is 10.8 Å². The number of nitrogens with one attached hydrogen (secondary N) is 2. The van der Waals surface area contributed by atoms with Gasteiger partial charge in [0.15, 0.2) is 0 Å². The van der Waals surface area contributed by atoms with Crippen molar-refractivity contribution in [2.45, 2.75) is 27.2 Å². The Bertz CT molecular complexity index is 152. The van der Waals surface area contributed by atoms with Gasteiger partial charge in [-0.3, -0.25) is 4.79 Å². The van der Waals surface area contributed by atoms with Crippen LogP contribution >= 0.6 is 0 Å². The third kappa shape index (κ3) is 5.58. The molecule has 0 aromatic carbocycles. The van der Waals surface area contributed by atoms with Crippen LogP contribution in [0.2, 0.25) is 0 Å². The predicted octanol–water partition coefficient (Wildman–Crippen LogP) is 1.19. The maximum atomic E-state index is 10.5. The SMILES string of the molecule is CC(=O)NCC(C)(C)CC=N. The molecule has 0 rings (SSSR count). The van der Waals surface area contributed by atoms with Gasteiger partial charge in [0.05, 0.1) is 0 Å². The van der Waals surface area contributed by atoms with Gasteiger partial charge in [0, 0.05) is 13.5 Å². The first kappa shape index (κ1) is 10.1. The summed E-state index contributed by atoms with van der Waals surface area (Å²) in [7, 11) is 0. The molecule has 0 bridgehead atoms. The lowest BCUT2D eigenvalue weighted by molar-refractivity contribution is -0.119. The molecule has 0 radical (unpaired) electrons. The summed E-state index contributed by atoms with van der Waals surface area (Å²) in [5.41, 5.74) is 0.00736. The van der Waals surface area contributed by atoms with E-state index in [1.165, 1.54) is 13.1 Å². The summed E-state index contributed by atoms with van der Waals surface area (Å²) in [4.78, 5) is 10.5. The highest BCUT2D eigenvalue weighted by Gasteiger charge is 2.15. The first-order valence-corrected chi connectivity index (χ1v) is 3.71. The number of carbonyl (C=O) groups is 1. The van der Waals surface area contributed by atoms with Gasteiger partial charge in [-0.05, 0) is 18.1 Å². The van der Waals surface area contributed by atoms with Gasteiger partial charge in [0.1, 0.15) is 0 Å². The lowest BCUT2D eigenvalue weighted by atomic mass is 9.90. The fourth-order valence-electron chi connectivity index (χ4n) is 0.712. The molecule has 2 N–H and O–H groups in total. The molecule has 11 heavy (non-hydrogen) atoms. The van der Waals surface area contributed by atoms with Crippen LogP contribution in [0.3, 0.4) is 0 Å². The van der Waals surface area contributed by atoms with Crippen molar-refractivity contribution in [3.8, 4) is 0 Å². The van der Waals surface area contributed by atoms with Crippen LogP contribution in [-0.2, 0) is 4.79 Å². The molecular weight excluding hydrogens is 140 g/mol. The number of rotatable bonds is 4. The number of hydrogen-bond donors (Lipinski definition) is 2. The van der Waals surface area contributed by atoms with E-state index in [0.717, 1.165) is 0 Å². The van der Waals surface area contributed by atoms with E-state index < -0.39 is 0 Å². The van der Waals surface area contributed by atoms with Crippen molar-refractivity contribution >= 4 is 12.1 Å². The molecule has 0 fully saturated rings. The summed E-state index contributed by atoms with van der Waals surface area (Å²) in [6.45, 7) is 6.18. The quantitative estimate of drug-likeness (QED) is 0.590. The Labute approximate surface area is 67.7 Å². The fourth-order valence-corrected chi connectivity index (χ4v) is 0.712. The highest BCUT2D eigenvalue weighted by Crippen LogP contribution is 2.16. The minimum absolute atomic E-state index is 0.00736. The zero-order valence-electron chi connectivity index (χ0n) is 7.40. The fraction of sp³-hybridized carbons (Fsp3) is 0.750. The molecule has 0 atom stereocenters. The van der Waals surface area contributed by atoms with E-state index in [-0.39, 0.29) is 11.3 Å². The summed E-state index contributed by atoms with van der Waals surface area (Å²) < 4.78 is 0. The van der Waals surface area contributed by atoms with Crippen molar-refractivity contribution in [3.63, 3.8) is 0 Å². The van der Waals surface area contributed by atoms with Crippen molar-refractivity contribution in [3.05, 3.63) is 0 Å². The molecule has 0 saturated heterocycles. The normalized spacial score (nSPS) is 10.8. The second-order valence-electron chi connectivity index (χ2n) is 3.48. The third-order valence-electron chi connectivity index (χ3n) is 1.47. The summed E-state index contributed by atoms with van der Waals surface area (Å²) >= 11 is 0. The van der Waals surface area contributed by atoms with E-state index in [1.54, 1.807) is 0 Å². The summed E-state index contributed by atoms with van der Waals surface area (Å²) in [5.74, 6) is -0.0111. The van der Waals surface area contributed by atoms with Crippen LogP contribution < -0.4 is 5.32 Å². The van der Waals surface area contributed by atoms with E-state index >= 15 is 0 Å². The average Bonchev–Trinajstić information content (AvgIpc) is 1.84. The van der Waals surface area contributed by atoms with Crippen molar-refractivity contribution < 1.29 is 4.79 Å². The Kier molecular flexibility index (Phi) is 3.79. The minimum Gasteiger partial charge on any atom is -0.356 e. The highest BCUT2D eigenvalue weighted by molar-refractivity contribution is 5.72. The Morgan fingerprint density at radius 2 is 2.18 bits per heavy atom. The van der Waals surface area contributed by atoms with Crippen molar-refractivity contribution in [2.24, 2.45) is 5.41 Å². The van der Waals surface area contributed by atoms with Crippen LogP contribution in [0.15, 0.2) is 0 Å². The van der Waals surface area contributed by atoms with Crippen LogP contribution in [0.4, 0.5) is 0 Å². The topological polar surface area (TPSA) is 53.0 Å². The highest BCUT2D eigenvalue weighted by atomic mass is 16.1. The van der Waals surface area contributed by atoms with Gasteiger partial charge in [-0.15, -0.1) is 0 Å². The van der Waals surface area contributed by atoms with E-state index in [4.69, 9.17) is 5.41 Å². The Morgan fingerprint density at radius 1 is 1.64 bits per heavy atom. The first-order chi connectivity index (χ1) is 4.98. The molecule has 0 saturated carbocycles. The maximum Gasteiger partial charge on any atom is 0.216 e. The molecule has 0 aliphatic rings. The molecule has 0 aliphatic heterocycles. The van der Waals surface area contributed by atoms with Crippen molar-refractivity contribution in [1.82, 2.24) is 5.32 Å². The van der Waals surface area contributed by atoms with E-state index in [0.29, 0.717) is 13.0 Å². The van der Waals surface area contributed by atoms with Gasteiger partial charge >= 0.3 is 0 Å². The molecule has 0 heterocycles. The minimum atomic E-state index is -0.0111. The molecule has 0 unspecified atom stereocenters. The summed E-state index contributed by atoms with van der Waals surface area (Å²) in [5, 5.41) is 9.63. The maximum absolute atomic E-state index is 10.5. The third-order valence-corrected chi connectivity index (χ3v) is 1.47. The first-order valence-electron chi connectivity index (χ1n) is 3.71. The monoisotopic (exact) mass is 156 g/mol. The van der Waals surface area contributed by atoms with Crippen LogP contribution in [0.1, 0.15) is 27.2 Å². The largest absolute Gasteiger partial charge is 0.356 e. The van der Waals surface area contributed by atoms with Crippen LogP contribution in [-0.4, -0.2) is 18.7 Å². The predicted molar refractivity (Wildman–Crippen MR) is 45.9 cm³/mol. The van der Waals surface area contributed by atoms with E-state index in [1.807, 2.05) is 13.8 Å².